The Kier molecular flexibility index (Phi) is 4.61. The lowest BCUT2D eigenvalue weighted by atomic mass is 10.1. The summed E-state index contributed by atoms with van der Waals surface area (Å²) in [6.45, 7) is 0. The molecule has 0 aliphatic heterocycles. The summed E-state index contributed by atoms with van der Waals surface area (Å²) >= 11 is 4.99. The Labute approximate surface area is 123 Å². The van der Waals surface area contributed by atoms with Crippen molar-refractivity contribution in [2.24, 2.45) is 5.73 Å². The van der Waals surface area contributed by atoms with Gasteiger partial charge in [-0.25, -0.2) is 4.39 Å². The summed E-state index contributed by atoms with van der Waals surface area (Å²) in [5.74, 6) is 0.160. The molecule has 0 aliphatic rings. The van der Waals surface area contributed by atoms with Crippen LogP contribution in [0.2, 0.25) is 0 Å². The van der Waals surface area contributed by atoms with Crippen LogP contribution in [-0.4, -0.2) is 5.84 Å². The van der Waals surface area contributed by atoms with Crippen LogP contribution in [-0.2, 0) is 5.75 Å². The Morgan fingerprint density at radius 2 is 1.89 bits per heavy atom. The molecule has 98 valence electrons. The van der Waals surface area contributed by atoms with Gasteiger partial charge < -0.3 is 5.73 Å². The largest absolute Gasteiger partial charge is 0.384 e. The first kappa shape index (κ1) is 14.1. The fourth-order valence-electron chi connectivity index (χ4n) is 1.59. The number of nitrogens with one attached hydrogen (secondary N) is 1. The van der Waals surface area contributed by atoms with Gasteiger partial charge in [0.05, 0.1) is 0 Å². The molecule has 0 saturated heterocycles. The van der Waals surface area contributed by atoms with Gasteiger partial charge in [-0.15, -0.1) is 11.8 Å². The number of benzene rings is 2. The molecule has 0 atom stereocenters. The molecular weight excluding hydrogens is 327 g/mol. The van der Waals surface area contributed by atoms with E-state index < -0.39 is 0 Å². The first-order chi connectivity index (χ1) is 9.04. The molecule has 0 saturated carbocycles. The summed E-state index contributed by atoms with van der Waals surface area (Å²) < 4.78 is 14.4. The van der Waals surface area contributed by atoms with Crippen molar-refractivity contribution in [3.8, 4) is 0 Å². The second-order valence-corrected chi connectivity index (χ2v) is 5.97. The first-order valence-electron chi connectivity index (χ1n) is 5.57. The third-order valence-electron chi connectivity index (χ3n) is 2.49. The van der Waals surface area contributed by atoms with E-state index in [1.165, 1.54) is 12.1 Å². The second kappa shape index (κ2) is 6.21. The van der Waals surface area contributed by atoms with E-state index in [9.17, 15) is 4.39 Å². The highest BCUT2D eigenvalue weighted by atomic mass is 79.9. The first-order valence-corrected chi connectivity index (χ1v) is 7.35. The maximum atomic E-state index is 13.4. The fraction of sp³-hybridized carbons (Fsp3) is 0.0714. The van der Waals surface area contributed by atoms with Crippen molar-refractivity contribution >= 4 is 33.5 Å². The summed E-state index contributed by atoms with van der Waals surface area (Å²) in [5, 5.41) is 7.35. The molecule has 19 heavy (non-hydrogen) atoms. The van der Waals surface area contributed by atoms with Crippen LogP contribution in [0.3, 0.4) is 0 Å². The quantitative estimate of drug-likeness (QED) is 0.499. The maximum Gasteiger partial charge on any atom is 0.124 e. The van der Waals surface area contributed by atoms with Crippen LogP contribution >= 0.6 is 27.7 Å². The van der Waals surface area contributed by atoms with E-state index in [1.807, 2.05) is 24.3 Å². The number of halogens is 2. The molecule has 2 aromatic carbocycles. The van der Waals surface area contributed by atoms with Gasteiger partial charge in [-0.05, 0) is 48.0 Å². The van der Waals surface area contributed by atoms with E-state index in [-0.39, 0.29) is 11.7 Å². The topological polar surface area (TPSA) is 49.9 Å². The van der Waals surface area contributed by atoms with Crippen molar-refractivity contribution in [1.29, 1.82) is 5.41 Å². The minimum atomic E-state index is -0.362. The zero-order chi connectivity index (χ0) is 13.8. The number of nitrogen functional groups attached to an aromatic ring is 1. The van der Waals surface area contributed by atoms with Crippen molar-refractivity contribution in [2.75, 3.05) is 0 Å². The van der Waals surface area contributed by atoms with Crippen molar-refractivity contribution in [1.82, 2.24) is 0 Å². The van der Waals surface area contributed by atoms with Gasteiger partial charge in [0.15, 0.2) is 0 Å². The normalized spacial score (nSPS) is 10.4. The lowest BCUT2D eigenvalue weighted by molar-refractivity contribution is 0.626. The van der Waals surface area contributed by atoms with Gasteiger partial charge in [0.1, 0.15) is 11.7 Å². The molecule has 0 bridgehead atoms. The SMILES string of the molecule is N=C(N)c1cc(F)cc(CSc2ccc(Br)cc2)c1. The van der Waals surface area contributed by atoms with Gasteiger partial charge in [-0.2, -0.15) is 0 Å². The number of nitrogens with two attached hydrogens (primary N) is 1. The van der Waals surface area contributed by atoms with Crippen LogP contribution in [0.15, 0.2) is 51.8 Å². The van der Waals surface area contributed by atoms with Crippen molar-refractivity contribution in [3.05, 3.63) is 63.9 Å². The average Bonchev–Trinajstić information content (AvgIpc) is 2.37. The van der Waals surface area contributed by atoms with E-state index in [4.69, 9.17) is 11.1 Å². The van der Waals surface area contributed by atoms with Gasteiger partial charge >= 0.3 is 0 Å². The Morgan fingerprint density at radius 3 is 2.53 bits per heavy atom. The van der Waals surface area contributed by atoms with E-state index in [0.717, 1.165) is 14.9 Å². The predicted molar refractivity (Wildman–Crippen MR) is 81.1 cm³/mol. The molecule has 2 nitrogen and oxygen atoms in total. The Bertz CT molecular complexity index is 599. The molecule has 0 spiro atoms. The molecule has 0 amide bonds. The summed E-state index contributed by atoms with van der Waals surface area (Å²) in [7, 11) is 0. The van der Waals surface area contributed by atoms with Crippen LogP contribution < -0.4 is 5.73 Å². The minimum Gasteiger partial charge on any atom is -0.384 e. The van der Waals surface area contributed by atoms with Crippen molar-refractivity contribution in [2.45, 2.75) is 10.6 Å². The predicted octanol–water partition coefficient (Wildman–Crippen LogP) is 4.16. The third kappa shape index (κ3) is 4.08. The second-order valence-electron chi connectivity index (χ2n) is 4.00. The summed E-state index contributed by atoms with van der Waals surface area (Å²) in [5.41, 5.74) is 6.62. The van der Waals surface area contributed by atoms with E-state index in [1.54, 1.807) is 17.8 Å². The molecule has 3 N–H and O–H groups in total. The number of hydrogen-bond acceptors (Lipinski definition) is 2. The van der Waals surface area contributed by atoms with Crippen LogP contribution in [0.4, 0.5) is 4.39 Å². The monoisotopic (exact) mass is 338 g/mol. The summed E-state index contributed by atoms with van der Waals surface area (Å²) in [6, 6.07) is 12.4. The number of amidine groups is 1. The van der Waals surface area contributed by atoms with E-state index in [2.05, 4.69) is 15.9 Å². The van der Waals surface area contributed by atoms with Crippen molar-refractivity contribution < 1.29 is 4.39 Å². The number of hydrogen-bond donors (Lipinski definition) is 2. The summed E-state index contributed by atoms with van der Waals surface area (Å²) in [4.78, 5) is 1.11. The average molecular weight is 339 g/mol. The molecular formula is C14H12BrFN2S. The standard InChI is InChI=1S/C14H12BrFN2S/c15-11-1-3-13(4-2-11)19-8-9-5-10(14(17)18)7-12(16)6-9/h1-7H,8H2,(H3,17,18). The third-order valence-corrected chi connectivity index (χ3v) is 4.10. The Morgan fingerprint density at radius 1 is 1.21 bits per heavy atom. The highest BCUT2D eigenvalue weighted by Crippen LogP contribution is 2.25. The molecule has 0 aliphatic carbocycles. The van der Waals surface area contributed by atoms with Gasteiger partial charge in [0, 0.05) is 20.7 Å². The van der Waals surface area contributed by atoms with E-state index in [0.29, 0.717) is 11.3 Å². The van der Waals surface area contributed by atoms with Gasteiger partial charge in [0.2, 0.25) is 0 Å². The molecule has 0 fully saturated rings. The number of rotatable bonds is 4. The molecule has 2 rings (SSSR count). The van der Waals surface area contributed by atoms with Gasteiger partial charge in [0.25, 0.3) is 0 Å². The zero-order valence-corrected chi connectivity index (χ0v) is 12.4. The molecule has 2 aromatic rings. The molecule has 0 radical (unpaired) electrons. The zero-order valence-electron chi connectivity index (χ0n) is 9.99. The minimum absolute atomic E-state index is 0.116. The van der Waals surface area contributed by atoms with E-state index >= 15 is 0 Å². The van der Waals surface area contributed by atoms with Crippen LogP contribution in [0.25, 0.3) is 0 Å². The van der Waals surface area contributed by atoms with Crippen LogP contribution in [0.5, 0.6) is 0 Å². The highest BCUT2D eigenvalue weighted by molar-refractivity contribution is 9.10. The smallest absolute Gasteiger partial charge is 0.124 e. The lowest BCUT2D eigenvalue weighted by Gasteiger charge is -2.05. The van der Waals surface area contributed by atoms with Gasteiger partial charge in [-0.1, -0.05) is 15.9 Å². The van der Waals surface area contributed by atoms with Crippen LogP contribution in [0, 0.1) is 11.2 Å². The lowest BCUT2D eigenvalue weighted by Crippen LogP contribution is -2.11. The van der Waals surface area contributed by atoms with Crippen molar-refractivity contribution in [3.63, 3.8) is 0 Å². The molecule has 5 heteroatoms. The highest BCUT2D eigenvalue weighted by Gasteiger charge is 2.04. The fourth-order valence-corrected chi connectivity index (χ4v) is 2.68. The molecule has 0 aromatic heterocycles. The molecule has 0 unspecified atom stereocenters. The van der Waals surface area contributed by atoms with Gasteiger partial charge in [-0.3, -0.25) is 5.41 Å². The Balaban J connectivity index is 2.11. The van der Waals surface area contributed by atoms with Crippen LogP contribution in [0.1, 0.15) is 11.1 Å². The maximum absolute atomic E-state index is 13.4. The molecule has 0 heterocycles. The number of thioether (sulfide) groups is 1. The summed E-state index contributed by atoms with van der Waals surface area (Å²) in [6.07, 6.45) is 0. The Hall–Kier alpha value is -1.33.